The summed E-state index contributed by atoms with van der Waals surface area (Å²) >= 11 is 3.22. The van der Waals surface area contributed by atoms with E-state index in [1.54, 1.807) is 18.3 Å². The number of primary amides is 1. The van der Waals surface area contributed by atoms with Crippen LogP contribution in [0.25, 0.3) is 0 Å². The van der Waals surface area contributed by atoms with E-state index in [1.807, 2.05) is 6.92 Å². The van der Waals surface area contributed by atoms with Crippen LogP contribution < -0.4 is 5.73 Å². The molecule has 2 N–H and O–H groups in total. The zero-order valence-electron chi connectivity index (χ0n) is 10.2. The molecule has 1 aromatic rings. The third-order valence-electron chi connectivity index (χ3n) is 2.40. The van der Waals surface area contributed by atoms with Gasteiger partial charge in [-0.15, -0.1) is 0 Å². The van der Waals surface area contributed by atoms with Crippen LogP contribution in [-0.4, -0.2) is 34.8 Å². The van der Waals surface area contributed by atoms with Gasteiger partial charge >= 0.3 is 0 Å². The highest BCUT2D eigenvalue weighted by Crippen LogP contribution is 2.15. The van der Waals surface area contributed by atoms with Crippen molar-refractivity contribution in [1.82, 2.24) is 9.88 Å². The summed E-state index contributed by atoms with van der Waals surface area (Å²) in [5.41, 5.74) is 5.60. The van der Waals surface area contributed by atoms with Crippen molar-refractivity contribution in [2.45, 2.75) is 19.8 Å². The highest BCUT2D eigenvalue weighted by Gasteiger charge is 2.19. The Morgan fingerprint density at radius 3 is 2.78 bits per heavy atom. The number of hydrogen-bond acceptors (Lipinski definition) is 3. The van der Waals surface area contributed by atoms with Crippen LogP contribution in [0.3, 0.4) is 0 Å². The molecule has 6 heteroatoms. The second-order valence-electron chi connectivity index (χ2n) is 3.89. The van der Waals surface area contributed by atoms with Crippen molar-refractivity contribution in [3.8, 4) is 0 Å². The molecule has 0 aromatic carbocycles. The van der Waals surface area contributed by atoms with Gasteiger partial charge in [-0.3, -0.25) is 9.59 Å². The van der Waals surface area contributed by atoms with Gasteiger partial charge in [-0.2, -0.15) is 0 Å². The summed E-state index contributed by atoms with van der Waals surface area (Å²) in [6, 6.07) is 3.35. The molecular formula is C12H16BrN3O2. The summed E-state index contributed by atoms with van der Waals surface area (Å²) in [5, 5.41) is 0. The number of hydrogen-bond donors (Lipinski definition) is 1. The van der Waals surface area contributed by atoms with Crippen molar-refractivity contribution >= 4 is 27.7 Å². The summed E-state index contributed by atoms with van der Waals surface area (Å²) in [4.78, 5) is 28.7. The maximum Gasteiger partial charge on any atom is 0.257 e. The first kappa shape index (κ1) is 14.6. The monoisotopic (exact) mass is 313 g/mol. The van der Waals surface area contributed by atoms with E-state index >= 15 is 0 Å². The van der Waals surface area contributed by atoms with Gasteiger partial charge in [-0.05, 0) is 34.5 Å². The van der Waals surface area contributed by atoms with Gasteiger partial charge in [0.15, 0.2) is 0 Å². The largest absolute Gasteiger partial charge is 0.368 e. The molecule has 98 valence electrons. The van der Waals surface area contributed by atoms with Gasteiger partial charge in [0.1, 0.15) is 4.60 Å². The molecule has 0 saturated heterocycles. The number of nitrogens with zero attached hydrogens (tertiary/aromatic N) is 2. The topological polar surface area (TPSA) is 76.3 Å². The minimum absolute atomic E-state index is 0.0693. The number of aromatic nitrogens is 1. The first-order chi connectivity index (χ1) is 8.56. The number of carbonyl (C=O) groups excluding carboxylic acids is 2. The van der Waals surface area contributed by atoms with Gasteiger partial charge in [-0.25, -0.2) is 4.98 Å². The molecule has 1 aromatic heterocycles. The lowest BCUT2D eigenvalue weighted by Gasteiger charge is -2.21. The van der Waals surface area contributed by atoms with Gasteiger partial charge in [-0.1, -0.05) is 13.3 Å². The Hall–Kier alpha value is -1.43. The number of nitrogens with two attached hydrogens (primary N) is 1. The van der Waals surface area contributed by atoms with Crippen LogP contribution in [0, 0.1) is 0 Å². The quantitative estimate of drug-likeness (QED) is 0.810. The fraction of sp³-hybridized carbons (Fsp3) is 0.417. The molecule has 0 aliphatic heterocycles. The Labute approximate surface area is 114 Å². The van der Waals surface area contributed by atoms with Gasteiger partial charge in [0, 0.05) is 12.7 Å². The first-order valence-electron chi connectivity index (χ1n) is 5.74. The molecule has 0 unspecified atom stereocenters. The zero-order chi connectivity index (χ0) is 13.5. The molecule has 0 aliphatic carbocycles. The third-order valence-corrected chi connectivity index (χ3v) is 3.04. The summed E-state index contributed by atoms with van der Waals surface area (Å²) in [5.74, 6) is -0.748. The maximum atomic E-state index is 12.3. The predicted molar refractivity (Wildman–Crippen MR) is 71.9 cm³/mol. The molecule has 0 radical (unpaired) electrons. The van der Waals surface area contributed by atoms with Crippen molar-refractivity contribution in [2.24, 2.45) is 5.73 Å². The van der Waals surface area contributed by atoms with Crippen molar-refractivity contribution in [2.75, 3.05) is 13.1 Å². The number of pyridine rings is 1. The van der Waals surface area contributed by atoms with E-state index in [2.05, 4.69) is 20.9 Å². The van der Waals surface area contributed by atoms with Crippen LogP contribution in [0.15, 0.2) is 22.9 Å². The molecule has 0 atom stereocenters. The van der Waals surface area contributed by atoms with Crippen LogP contribution in [0.1, 0.15) is 30.1 Å². The molecular weight excluding hydrogens is 298 g/mol. The number of unbranched alkanes of at least 4 members (excludes halogenated alkanes) is 1. The lowest BCUT2D eigenvalue weighted by Crippen LogP contribution is -2.39. The molecule has 5 nitrogen and oxygen atoms in total. The van der Waals surface area contributed by atoms with Gasteiger partial charge in [0.05, 0.1) is 12.1 Å². The van der Waals surface area contributed by atoms with E-state index in [9.17, 15) is 9.59 Å². The van der Waals surface area contributed by atoms with Gasteiger partial charge in [0.25, 0.3) is 5.91 Å². The minimum Gasteiger partial charge on any atom is -0.368 e. The first-order valence-corrected chi connectivity index (χ1v) is 6.53. The average Bonchev–Trinajstić information content (AvgIpc) is 2.34. The SMILES string of the molecule is CCCCN(CC(N)=O)C(=O)c1cccnc1Br. The maximum absolute atomic E-state index is 12.3. The van der Waals surface area contributed by atoms with E-state index in [4.69, 9.17) is 5.73 Å². The molecule has 0 spiro atoms. The Morgan fingerprint density at radius 1 is 1.50 bits per heavy atom. The van der Waals surface area contributed by atoms with Gasteiger partial charge < -0.3 is 10.6 Å². The van der Waals surface area contributed by atoms with Crippen LogP contribution >= 0.6 is 15.9 Å². The molecule has 0 bridgehead atoms. The predicted octanol–water partition coefficient (Wildman–Crippen LogP) is 1.57. The molecule has 0 aliphatic rings. The molecule has 2 amide bonds. The summed E-state index contributed by atoms with van der Waals surface area (Å²) in [7, 11) is 0. The van der Waals surface area contributed by atoms with E-state index in [1.165, 1.54) is 4.90 Å². The Morgan fingerprint density at radius 2 is 2.22 bits per heavy atom. The lowest BCUT2D eigenvalue weighted by molar-refractivity contribution is -0.118. The fourth-order valence-electron chi connectivity index (χ4n) is 1.51. The number of carbonyl (C=O) groups is 2. The molecule has 0 fully saturated rings. The summed E-state index contributed by atoms with van der Waals surface area (Å²) in [6.07, 6.45) is 3.36. The Balaban J connectivity index is 2.87. The van der Waals surface area contributed by atoms with Gasteiger partial charge in [0.2, 0.25) is 5.91 Å². The van der Waals surface area contributed by atoms with Crippen molar-refractivity contribution in [1.29, 1.82) is 0 Å². The molecule has 1 rings (SSSR count). The second kappa shape index (κ2) is 7.10. The minimum atomic E-state index is -0.514. The Bertz CT molecular complexity index is 437. The molecule has 1 heterocycles. The number of halogens is 1. The van der Waals surface area contributed by atoms with E-state index < -0.39 is 5.91 Å². The van der Waals surface area contributed by atoms with E-state index in [-0.39, 0.29) is 12.5 Å². The zero-order valence-corrected chi connectivity index (χ0v) is 11.8. The standard InChI is InChI=1S/C12H16BrN3O2/c1-2-3-7-16(8-10(14)17)12(18)9-5-4-6-15-11(9)13/h4-6H,2-3,7-8H2,1H3,(H2,14,17). The number of rotatable bonds is 6. The molecule has 18 heavy (non-hydrogen) atoms. The highest BCUT2D eigenvalue weighted by molar-refractivity contribution is 9.10. The molecule has 0 saturated carbocycles. The highest BCUT2D eigenvalue weighted by atomic mass is 79.9. The van der Waals surface area contributed by atoms with Crippen molar-refractivity contribution in [3.63, 3.8) is 0 Å². The van der Waals surface area contributed by atoms with Crippen molar-refractivity contribution in [3.05, 3.63) is 28.5 Å². The van der Waals surface area contributed by atoms with Crippen molar-refractivity contribution < 1.29 is 9.59 Å². The number of amides is 2. The smallest absolute Gasteiger partial charge is 0.257 e. The summed E-state index contributed by atoms with van der Waals surface area (Å²) < 4.78 is 0.473. The second-order valence-corrected chi connectivity index (χ2v) is 4.64. The third kappa shape index (κ3) is 4.10. The lowest BCUT2D eigenvalue weighted by atomic mass is 10.2. The van der Waals surface area contributed by atoms with Crippen LogP contribution in [0.5, 0.6) is 0 Å². The Kier molecular flexibility index (Phi) is 5.77. The fourth-order valence-corrected chi connectivity index (χ4v) is 1.93. The van der Waals surface area contributed by atoms with E-state index in [0.717, 1.165) is 12.8 Å². The van der Waals surface area contributed by atoms with E-state index in [0.29, 0.717) is 16.7 Å². The van der Waals surface area contributed by atoms with Crippen LogP contribution in [-0.2, 0) is 4.79 Å². The van der Waals surface area contributed by atoms with Crippen LogP contribution in [0.4, 0.5) is 0 Å². The average molecular weight is 314 g/mol. The summed E-state index contributed by atoms with van der Waals surface area (Å²) in [6.45, 7) is 2.46. The normalized spacial score (nSPS) is 10.1. The van der Waals surface area contributed by atoms with Crippen LogP contribution in [0.2, 0.25) is 0 Å².